The van der Waals surface area contributed by atoms with Crippen molar-refractivity contribution in [2.45, 2.75) is 13.8 Å². The molecule has 3 nitrogen and oxygen atoms in total. The molecule has 25 heavy (non-hydrogen) atoms. The van der Waals surface area contributed by atoms with E-state index in [9.17, 15) is 4.79 Å². The third-order valence-corrected chi connectivity index (χ3v) is 4.00. The van der Waals surface area contributed by atoms with Crippen molar-refractivity contribution in [3.8, 4) is 0 Å². The first-order valence-corrected chi connectivity index (χ1v) is 8.22. The number of nitrogens with one attached hydrogen (secondary N) is 1. The number of aryl methyl sites for hydroxylation is 2. The molecule has 0 amide bonds. The Morgan fingerprint density at radius 3 is 2.04 bits per heavy atom. The SMILES string of the molecule is Cc1ccccc1N=C(Nc1ccccc1C)C(=O)c1ccccc1. The molecule has 124 valence electrons. The van der Waals surface area contributed by atoms with Gasteiger partial charge in [-0.2, -0.15) is 0 Å². The highest BCUT2D eigenvalue weighted by atomic mass is 16.1. The number of ketones is 1. The lowest BCUT2D eigenvalue weighted by Gasteiger charge is -2.12. The van der Waals surface area contributed by atoms with Gasteiger partial charge in [-0.25, -0.2) is 4.99 Å². The van der Waals surface area contributed by atoms with Gasteiger partial charge in [-0.05, 0) is 37.1 Å². The summed E-state index contributed by atoms with van der Waals surface area (Å²) in [6.45, 7) is 3.98. The quantitative estimate of drug-likeness (QED) is 0.399. The molecule has 0 bridgehead atoms. The first-order chi connectivity index (χ1) is 12.1. The van der Waals surface area contributed by atoms with Crippen LogP contribution in [0.2, 0.25) is 0 Å². The smallest absolute Gasteiger partial charge is 0.228 e. The van der Waals surface area contributed by atoms with E-state index >= 15 is 0 Å². The zero-order valence-corrected chi connectivity index (χ0v) is 14.4. The zero-order chi connectivity index (χ0) is 17.6. The summed E-state index contributed by atoms with van der Waals surface area (Å²) in [5, 5.41) is 3.22. The molecular formula is C22H20N2O. The number of nitrogens with zero attached hydrogens (tertiary/aromatic N) is 1. The molecule has 0 saturated carbocycles. The van der Waals surface area contributed by atoms with Gasteiger partial charge < -0.3 is 5.32 Å². The molecular weight excluding hydrogens is 308 g/mol. The summed E-state index contributed by atoms with van der Waals surface area (Å²) in [4.78, 5) is 17.6. The third-order valence-electron chi connectivity index (χ3n) is 4.00. The van der Waals surface area contributed by atoms with E-state index < -0.39 is 0 Å². The van der Waals surface area contributed by atoms with Crippen LogP contribution in [0.3, 0.4) is 0 Å². The van der Waals surface area contributed by atoms with Gasteiger partial charge in [0.25, 0.3) is 0 Å². The first kappa shape index (κ1) is 16.7. The molecule has 3 aromatic rings. The van der Waals surface area contributed by atoms with E-state index in [1.165, 1.54) is 0 Å². The monoisotopic (exact) mass is 328 g/mol. The van der Waals surface area contributed by atoms with E-state index in [2.05, 4.69) is 10.3 Å². The van der Waals surface area contributed by atoms with Crippen LogP contribution in [0.1, 0.15) is 21.5 Å². The van der Waals surface area contributed by atoms with Crippen LogP contribution >= 0.6 is 0 Å². The summed E-state index contributed by atoms with van der Waals surface area (Å²) in [7, 11) is 0. The average Bonchev–Trinajstić information content (AvgIpc) is 2.65. The highest BCUT2D eigenvalue weighted by molar-refractivity contribution is 6.49. The molecule has 1 N–H and O–H groups in total. The fraction of sp³-hybridized carbons (Fsp3) is 0.0909. The zero-order valence-electron chi connectivity index (χ0n) is 14.4. The Morgan fingerprint density at radius 1 is 0.760 bits per heavy atom. The van der Waals surface area contributed by atoms with Crippen molar-refractivity contribution in [2.75, 3.05) is 5.32 Å². The Hall–Kier alpha value is -3.20. The summed E-state index contributed by atoms with van der Waals surface area (Å²) in [5.74, 6) is 0.182. The maximum absolute atomic E-state index is 13.0. The van der Waals surface area contributed by atoms with Crippen molar-refractivity contribution >= 4 is 23.0 Å². The maximum Gasteiger partial charge on any atom is 0.228 e. The Balaban J connectivity index is 2.04. The van der Waals surface area contributed by atoms with Gasteiger partial charge in [0.1, 0.15) is 0 Å². The number of Topliss-reactive ketones (excluding diaryl/α,β-unsaturated/α-hetero) is 1. The summed E-state index contributed by atoms with van der Waals surface area (Å²) >= 11 is 0. The molecule has 3 aromatic carbocycles. The van der Waals surface area contributed by atoms with Gasteiger partial charge >= 0.3 is 0 Å². The van der Waals surface area contributed by atoms with E-state index in [0.717, 1.165) is 22.5 Å². The van der Waals surface area contributed by atoms with Crippen LogP contribution in [0, 0.1) is 13.8 Å². The van der Waals surface area contributed by atoms with E-state index in [1.807, 2.05) is 80.6 Å². The number of hydrogen-bond acceptors (Lipinski definition) is 2. The van der Waals surface area contributed by atoms with Crippen LogP contribution in [0.15, 0.2) is 83.9 Å². The second kappa shape index (κ2) is 7.58. The van der Waals surface area contributed by atoms with Crippen LogP contribution < -0.4 is 5.32 Å². The minimum absolute atomic E-state index is 0.132. The number of amidine groups is 1. The molecule has 0 aliphatic heterocycles. The maximum atomic E-state index is 13.0. The Labute approximate surface area is 148 Å². The second-order valence-corrected chi connectivity index (χ2v) is 5.88. The van der Waals surface area contributed by atoms with Crippen molar-refractivity contribution in [2.24, 2.45) is 4.99 Å². The van der Waals surface area contributed by atoms with Crippen molar-refractivity contribution < 1.29 is 4.79 Å². The molecule has 0 spiro atoms. The summed E-state index contributed by atoms with van der Waals surface area (Å²) in [5.41, 5.74) is 4.34. The van der Waals surface area contributed by atoms with Crippen LogP contribution in [0.5, 0.6) is 0 Å². The number of para-hydroxylation sites is 2. The minimum atomic E-state index is -0.132. The van der Waals surface area contributed by atoms with Crippen molar-refractivity contribution in [3.05, 3.63) is 95.6 Å². The molecule has 0 atom stereocenters. The molecule has 0 heterocycles. The number of benzene rings is 3. The molecule has 3 rings (SSSR count). The highest BCUT2D eigenvalue weighted by Gasteiger charge is 2.15. The van der Waals surface area contributed by atoms with Crippen LogP contribution in [-0.4, -0.2) is 11.6 Å². The topological polar surface area (TPSA) is 41.5 Å². The average molecular weight is 328 g/mol. The van der Waals surface area contributed by atoms with Gasteiger partial charge in [0.05, 0.1) is 5.69 Å². The van der Waals surface area contributed by atoms with E-state index in [4.69, 9.17) is 0 Å². The lowest BCUT2D eigenvalue weighted by Crippen LogP contribution is -2.23. The largest absolute Gasteiger partial charge is 0.337 e. The predicted octanol–water partition coefficient (Wildman–Crippen LogP) is 5.33. The van der Waals surface area contributed by atoms with Crippen LogP contribution in [0.25, 0.3) is 0 Å². The second-order valence-electron chi connectivity index (χ2n) is 5.88. The van der Waals surface area contributed by atoms with E-state index in [-0.39, 0.29) is 5.78 Å². The molecule has 0 aromatic heterocycles. The van der Waals surface area contributed by atoms with Gasteiger partial charge in [0.2, 0.25) is 5.78 Å². The van der Waals surface area contributed by atoms with Crippen LogP contribution in [0.4, 0.5) is 11.4 Å². The Bertz CT molecular complexity index is 914. The Kier molecular flexibility index (Phi) is 5.05. The lowest BCUT2D eigenvalue weighted by molar-refractivity contribution is 0.106. The number of carbonyl (C=O) groups excluding carboxylic acids is 1. The standard InChI is InChI=1S/C22H20N2O/c1-16-10-6-8-14-19(16)23-22(21(25)18-12-4-3-5-13-18)24-20-15-9-7-11-17(20)2/h3-15H,1-2H3,(H,23,24). The summed E-state index contributed by atoms with van der Waals surface area (Å²) in [6.07, 6.45) is 0. The van der Waals surface area contributed by atoms with E-state index in [0.29, 0.717) is 11.4 Å². The normalized spacial score (nSPS) is 11.2. The number of rotatable bonds is 4. The van der Waals surface area contributed by atoms with Gasteiger partial charge in [0, 0.05) is 11.3 Å². The Morgan fingerprint density at radius 2 is 1.36 bits per heavy atom. The number of hydrogen-bond donors (Lipinski definition) is 1. The van der Waals surface area contributed by atoms with Gasteiger partial charge in [-0.15, -0.1) is 0 Å². The van der Waals surface area contributed by atoms with Crippen molar-refractivity contribution in [1.82, 2.24) is 0 Å². The first-order valence-electron chi connectivity index (χ1n) is 8.22. The molecule has 0 unspecified atom stereocenters. The van der Waals surface area contributed by atoms with Gasteiger partial charge in [-0.3, -0.25) is 4.79 Å². The van der Waals surface area contributed by atoms with Gasteiger partial charge in [0.15, 0.2) is 5.84 Å². The molecule has 0 aliphatic carbocycles. The summed E-state index contributed by atoms with van der Waals surface area (Å²) < 4.78 is 0. The number of aliphatic imine (C=N–C) groups is 1. The lowest BCUT2D eigenvalue weighted by atomic mass is 10.1. The summed E-state index contributed by atoms with van der Waals surface area (Å²) in [6, 6.07) is 24.8. The molecule has 0 fully saturated rings. The number of carbonyl (C=O) groups is 1. The van der Waals surface area contributed by atoms with Crippen LogP contribution in [-0.2, 0) is 0 Å². The van der Waals surface area contributed by atoms with Gasteiger partial charge in [-0.1, -0.05) is 66.7 Å². The predicted molar refractivity (Wildman–Crippen MR) is 104 cm³/mol. The van der Waals surface area contributed by atoms with Crippen molar-refractivity contribution in [1.29, 1.82) is 0 Å². The molecule has 0 radical (unpaired) electrons. The third kappa shape index (κ3) is 4.01. The van der Waals surface area contributed by atoms with Crippen molar-refractivity contribution in [3.63, 3.8) is 0 Å². The highest BCUT2D eigenvalue weighted by Crippen LogP contribution is 2.20. The van der Waals surface area contributed by atoms with E-state index in [1.54, 1.807) is 12.1 Å². The molecule has 0 aliphatic rings. The fourth-order valence-electron chi connectivity index (χ4n) is 2.51. The fourth-order valence-corrected chi connectivity index (χ4v) is 2.51. The molecule has 0 saturated heterocycles. The molecule has 3 heteroatoms. The number of anilines is 1. The minimum Gasteiger partial charge on any atom is -0.337 e.